The van der Waals surface area contributed by atoms with Crippen LogP contribution in [-0.2, 0) is 7.05 Å². The number of rotatable bonds is 5. The van der Waals surface area contributed by atoms with Crippen molar-refractivity contribution in [1.82, 2.24) is 9.78 Å². The molecule has 0 bridgehead atoms. The first-order valence-corrected chi connectivity index (χ1v) is 5.76. The Hall–Kier alpha value is -2.30. The van der Waals surface area contributed by atoms with Crippen LogP contribution in [0.3, 0.4) is 0 Å². The highest BCUT2D eigenvalue weighted by atomic mass is 16.5. The van der Waals surface area contributed by atoms with Gasteiger partial charge in [-0.1, -0.05) is 30.4 Å². The zero-order valence-electron chi connectivity index (χ0n) is 11.6. The number of aromatic nitrogens is 2. The molecule has 1 rings (SSSR count). The molecule has 0 spiro atoms. The highest BCUT2D eigenvalue weighted by molar-refractivity contribution is 5.92. The van der Waals surface area contributed by atoms with Crippen molar-refractivity contribution < 1.29 is 14.6 Å². The maximum atomic E-state index is 11.2. The highest BCUT2D eigenvalue weighted by Crippen LogP contribution is 2.29. The Kier molecular flexibility index (Phi) is 4.69. The maximum Gasteiger partial charge on any atom is 0.358 e. The molecule has 0 radical (unpaired) electrons. The summed E-state index contributed by atoms with van der Waals surface area (Å²) in [5.41, 5.74) is 2.21. The van der Waals surface area contributed by atoms with Crippen molar-refractivity contribution in [3.8, 4) is 5.75 Å². The number of ether oxygens (including phenoxy) is 1. The quantitative estimate of drug-likeness (QED) is 0.828. The average Bonchev–Trinajstić information content (AvgIpc) is 2.66. The maximum absolute atomic E-state index is 11.2. The molecular weight excluding hydrogens is 244 g/mol. The normalized spacial score (nSPS) is 11.9. The Morgan fingerprint density at radius 1 is 1.47 bits per heavy atom. The minimum Gasteiger partial charge on any atom is -0.492 e. The fraction of sp³-hybridized carbons (Fsp3) is 0.286. The minimum absolute atomic E-state index is 0.0283. The molecule has 1 aromatic heterocycles. The second kappa shape index (κ2) is 6.04. The Bertz CT molecular complexity index is 565. The van der Waals surface area contributed by atoms with Crippen molar-refractivity contribution in [1.29, 1.82) is 0 Å². The lowest BCUT2D eigenvalue weighted by molar-refractivity contribution is 0.0681. The standard InChI is InChI=1S/C14H18N2O3/c1-6-10(8-7-9(2)3)11-13(19-5)12(14(17)18)16(4)15-11/h6-8H,2H2,1,3-5H3,(H,17,18)/b8-7-,10-6+. The molecule has 0 aromatic carbocycles. The Morgan fingerprint density at radius 3 is 2.53 bits per heavy atom. The topological polar surface area (TPSA) is 64.4 Å². The van der Waals surface area contributed by atoms with Gasteiger partial charge in [0.2, 0.25) is 0 Å². The molecule has 0 saturated heterocycles. The van der Waals surface area contributed by atoms with Gasteiger partial charge in [-0.2, -0.15) is 5.10 Å². The summed E-state index contributed by atoms with van der Waals surface area (Å²) in [6, 6.07) is 0. The number of aromatic carboxylic acids is 1. The van der Waals surface area contributed by atoms with Crippen LogP contribution in [-0.4, -0.2) is 28.0 Å². The first kappa shape index (κ1) is 14.8. The van der Waals surface area contributed by atoms with Crippen LogP contribution < -0.4 is 4.74 Å². The van der Waals surface area contributed by atoms with E-state index in [0.29, 0.717) is 5.69 Å². The summed E-state index contributed by atoms with van der Waals surface area (Å²) in [6.45, 7) is 7.51. The van der Waals surface area contributed by atoms with Crippen molar-refractivity contribution >= 4 is 11.5 Å². The van der Waals surface area contributed by atoms with Crippen molar-refractivity contribution in [3.63, 3.8) is 0 Å². The lowest BCUT2D eigenvalue weighted by Gasteiger charge is -2.02. The lowest BCUT2D eigenvalue weighted by Crippen LogP contribution is -2.06. The molecule has 1 N–H and O–H groups in total. The predicted molar refractivity (Wildman–Crippen MR) is 74.3 cm³/mol. The van der Waals surface area contributed by atoms with E-state index in [9.17, 15) is 9.90 Å². The summed E-state index contributed by atoms with van der Waals surface area (Å²) in [6.07, 6.45) is 5.51. The number of nitrogens with zero attached hydrogens (tertiary/aromatic N) is 2. The van der Waals surface area contributed by atoms with Crippen LogP contribution in [0.15, 0.2) is 30.4 Å². The van der Waals surface area contributed by atoms with Crippen LogP contribution in [0.5, 0.6) is 5.75 Å². The lowest BCUT2D eigenvalue weighted by atomic mass is 10.1. The average molecular weight is 262 g/mol. The van der Waals surface area contributed by atoms with E-state index in [1.165, 1.54) is 11.8 Å². The van der Waals surface area contributed by atoms with Gasteiger partial charge in [-0.05, 0) is 13.8 Å². The van der Waals surface area contributed by atoms with E-state index in [1.54, 1.807) is 7.05 Å². The minimum atomic E-state index is -1.07. The predicted octanol–water partition coefficient (Wildman–Crippen LogP) is 2.66. The first-order chi connectivity index (χ1) is 8.92. The Balaban J connectivity index is 3.38. The fourth-order valence-electron chi connectivity index (χ4n) is 1.67. The van der Waals surface area contributed by atoms with E-state index in [0.717, 1.165) is 11.1 Å². The third kappa shape index (κ3) is 3.13. The molecule has 1 heterocycles. The van der Waals surface area contributed by atoms with E-state index in [1.807, 2.05) is 32.1 Å². The van der Waals surface area contributed by atoms with Crippen LogP contribution in [0.1, 0.15) is 30.0 Å². The van der Waals surface area contributed by atoms with Crippen LogP contribution in [0, 0.1) is 0 Å². The molecule has 1 aromatic rings. The monoisotopic (exact) mass is 262 g/mol. The second-order valence-electron chi connectivity index (χ2n) is 4.08. The molecule has 0 aliphatic carbocycles. The number of carboxylic acids is 1. The third-order valence-electron chi connectivity index (χ3n) is 2.54. The molecule has 0 aliphatic rings. The van der Waals surface area contributed by atoms with Gasteiger partial charge in [0.15, 0.2) is 11.4 Å². The van der Waals surface area contributed by atoms with E-state index < -0.39 is 5.97 Å². The number of carboxylic acid groups (broad SMARTS) is 1. The molecule has 0 amide bonds. The van der Waals surface area contributed by atoms with Gasteiger partial charge >= 0.3 is 5.97 Å². The number of hydrogen-bond acceptors (Lipinski definition) is 3. The zero-order chi connectivity index (χ0) is 14.6. The van der Waals surface area contributed by atoms with E-state index in [4.69, 9.17) is 4.74 Å². The summed E-state index contributed by atoms with van der Waals surface area (Å²) in [7, 11) is 3.01. The van der Waals surface area contributed by atoms with Gasteiger partial charge in [-0.25, -0.2) is 4.79 Å². The molecular formula is C14H18N2O3. The van der Waals surface area contributed by atoms with Gasteiger partial charge in [-0.15, -0.1) is 0 Å². The Morgan fingerprint density at radius 2 is 2.11 bits per heavy atom. The Labute approximate surface area is 112 Å². The molecule has 0 fully saturated rings. The largest absolute Gasteiger partial charge is 0.492 e. The molecule has 0 saturated carbocycles. The van der Waals surface area contributed by atoms with Crippen molar-refractivity contribution in [2.45, 2.75) is 13.8 Å². The smallest absolute Gasteiger partial charge is 0.358 e. The van der Waals surface area contributed by atoms with Crippen molar-refractivity contribution in [2.75, 3.05) is 7.11 Å². The van der Waals surface area contributed by atoms with Crippen molar-refractivity contribution in [3.05, 3.63) is 41.8 Å². The second-order valence-corrected chi connectivity index (χ2v) is 4.08. The highest BCUT2D eigenvalue weighted by Gasteiger charge is 2.23. The van der Waals surface area contributed by atoms with Crippen LogP contribution >= 0.6 is 0 Å². The third-order valence-corrected chi connectivity index (χ3v) is 2.54. The summed E-state index contributed by atoms with van der Waals surface area (Å²) >= 11 is 0. The van der Waals surface area contributed by atoms with Crippen LogP contribution in [0.25, 0.3) is 5.57 Å². The number of carbonyl (C=O) groups is 1. The molecule has 0 unspecified atom stereocenters. The molecule has 0 atom stereocenters. The van der Waals surface area contributed by atoms with Gasteiger partial charge in [0.1, 0.15) is 5.69 Å². The fourth-order valence-corrected chi connectivity index (χ4v) is 1.67. The molecule has 102 valence electrons. The van der Waals surface area contributed by atoms with E-state index in [-0.39, 0.29) is 11.4 Å². The van der Waals surface area contributed by atoms with E-state index in [2.05, 4.69) is 11.7 Å². The van der Waals surface area contributed by atoms with Gasteiger partial charge in [0, 0.05) is 12.6 Å². The zero-order valence-corrected chi connectivity index (χ0v) is 11.6. The number of methoxy groups -OCH3 is 1. The summed E-state index contributed by atoms with van der Waals surface area (Å²) in [5, 5.41) is 13.4. The molecule has 5 heteroatoms. The molecule has 19 heavy (non-hydrogen) atoms. The number of allylic oxidation sites excluding steroid dienone is 5. The van der Waals surface area contributed by atoms with Crippen LogP contribution in [0.2, 0.25) is 0 Å². The van der Waals surface area contributed by atoms with Crippen LogP contribution in [0.4, 0.5) is 0 Å². The SMILES string of the molecule is C=C(C)/C=C\C(=C/C)c1nn(C)c(C(=O)O)c1OC. The summed E-state index contributed by atoms with van der Waals surface area (Å²) in [4.78, 5) is 11.2. The van der Waals surface area contributed by atoms with Gasteiger partial charge in [0.05, 0.1) is 7.11 Å². The summed E-state index contributed by atoms with van der Waals surface area (Å²) < 4.78 is 6.49. The first-order valence-electron chi connectivity index (χ1n) is 5.76. The number of hydrogen-bond donors (Lipinski definition) is 1. The van der Waals surface area contributed by atoms with E-state index >= 15 is 0 Å². The van der Waals surface area contributed by atoms with Crippen molar-refractivity contribution in [2.24, 2.45) is 7.05 Å². The number of aryl methyl sites for hydroxylation is 1. The van der Waals surface area contributed by atoms with Gasteiger partial charge < -0.3 is 9.84 Å². The molecule has 0 aliphatic heterocycles. The van der Waals surface area contributed by atoms with Gasteiger partial charge in [0.25, 0.3) is 0 Å². The summed E-state index contributed by atoms with van der Waals surface area (Å²) in [5.74, 6) is -0.813. The molecule has 5 nitrogen and oxygen atoms in total. The van der Waals surface area contributed by atoms with Gasteiger partial charge in [-0.3, -0.25) is 4.68 Å².